The molecule has 0 radical (unpaired) electrons. The first kappa shape index (κ1) is 9.90. The highest BCUT2D eigenvalue weighted by molar-refractivity contribution is 5.75. The van der Waals surface area contributed by atoms with Crippen LogP contribution in [-0.2, 0) is 0 Å². The van der Waals surface area contributed by atoms with E-state index < -0.39 is 0 Å². The van der Waals surface area contributed by atoms with Gasteiger partial charge in [-0.1, -0.05) is 25.5 Å². The molecule has 0 saturated heterocycles. The number of para-hydroxylation sites is 2. The number of fused-ring (bicyclic) bond motifs is 1. The summed E-state index contributed by atoms with van der Waals surface area (Å²) in [7, 11) is 0. The van der Waals surface area contributed by atoms with Crippen LogP contribution in [0.3, 0.4) is 0 Å². The molecule has 1 N–H and O–H groups in total. The van der Waals surface area contributed by atoms with Gasteiger partial charge in [-0.05, 0) is 18.6 Å². The highest BCUT2D eigenvalue weighted by Gasteiger charge is 1.97. The average molecular weight is 201 g/mol. The van der Waals surface area contributed by atoms with Crippen LogP contribution in [0, 0.1) is 0 Å². The number of nitrogens with zero attached hydrogens (tertiary/aromatic N) is 2. The Labute approximate surface area is 89.6 Å². The Hall–Kier alpha value is -1.64. The molecule has 0 saturated carbocycles. The van der Waals surface area contributed by atoms with Crippen molar-refractivity contribution >= 4 is 16.9 Å². The summed E-state index contributed by atoms with van der Waals surface area (Å²) in [5.41, 5.74) is 1.89. The quantitative estimate of drug-likeness (QED) is 0.773. The van der Waals surface area contributed by atoms with E-state index >= 15 is 0 Å². The molecule has 3 heteroatoms. The van der Waals surface area contributed by atoms with Gasteiger partial charge in [0.05, 0.1) is 17.2 Å². The molecule has 2 rings (SSSR count). The van der Waals surface area contributed by atoms with Crippen LogP contribution in [0.4, 0.5) is 5.82 Å². The molecule has 1 aromatic carbocycles. The van der Waals surface area contributed by atoms with E-state index in [1.807, 2.05) is 24.3 Å². The predicted octanol–water partition coefficient (Wildman–Crippen LogP) is 2.84. The van der Waals surface area contributed by atoms with Crippen LogP contribution >= 0.6 is 0 Å². The number of aromatic nitrogens is 2. The molecule has 2 aromatic rings. The van der Waals surface area contributed by atoms with Crippen LogP contribution in [0.5, 0.6) is 0 Å². The Morgan fingerprint density at radius 3 is 2.80 bits per heavy atom. The standard InChI is InChI=1S/C12H15N3/c1-2-3-8-13-12-9-14-10-6-4-5-7-11(10)15-12/h4-7,9H,2-3,8H2,1H3,(H,13,15). The molecule has 3 nitrogen and oxygen atoms in total. The second-order valence-electron chi connectivity index (χ2n) is 3.52. The van der Waals surface area contributed by atoms with E-state index in [1.165, 1.54) is 6.42 Å². The third kappa shape index (κ3) is 2.43. The summed E-state index contributed by atoms with van der Waals surface area (Å²) in [5, 5.41) is 3.26. The van der Waals surface area contributed by atoms with Crippen LogP contribution in [0.1, 0.15) is 19.8 Å². The Balaban J connectivity index is 2.16. The van der Waals surface area contributed by atoms with Gasteiger partial charge in [0, 0.05) is 6.54 Å². The number of rotatable bonds is 4. The fraction of sp³-hybridized carbons (Fsp3) is 0.333. The highest BCUT2D eigenvalue weighted by Crippen LogP contribution is 2.11. The van der Waals surface area contributed by atoms with Gasteiger partial charge in [0.15, 0.2) is 0 Å². The first-order valence-electron chi connectivity index (χ1n) is 5.36. The molecule has 0 unspecified atom stereocenters. The molecule has 1 heterocycles. The molecule has 1 aromatic heterocycles. The van der Waals surface area contributed by atoms with Crippen molar-refractivity contribution in [3.05, 3.63) is 30.5 Å². The molecule has 0 fully saturated rings. The Bertz CT molecular complexity index is 440. The van der Waals surface area contributed by atoms with E-state index in [4.69, 9.17) is 0 Å². The van der Waals surface area contributed by atoms with Gasteiger partial charge in [-0.2, -0.15) is 0 Å². The average Bonchev–Trinajstić information content (AvgIpc) is 2.29. The minimum Gasteiger partial charge on any atom is -0.369 e. The van der Waals surface area contributed by atoms with Crippen molar-refractivity contribution in [1.29, 1.82) is 0 Å². The first-order chi connectivity index (χ1) is 7.40. The lowest BCUT2D eigenvalue weighted by molar-refractivity contribution is 0.831. The molecule has 15 heavy (non-hydrogen) atoms. The van der Waals surface area contributed by atoms with Gasteiger partial charge < -0.3 is 5.32 Å². The third-order valence-electron chi connectivity index (χ3n) is 2.29. The molecule has 0 aliphatic rings. The molecule has 0 amide bonds. The summed E-state index contributed by atoms with van der Waals surface area (Å²) in [6.45, 7) is 3.14. The molecule has 0 aliphatic carbocycles. The maximum absolute atomic E-state index is 4.47. The van der Waals surface area contributed by atoms with Crippen LogP contribution in [0.25, 0.3) is 11.0 Å². The second-order valence-corrected chi connectivity index (χ2v) is 3.52. The number of benzene rings is 1. The van der Waals surface area contributed by atoms with E-state index in [1.54, 1.807) is 6.20 Å². The van der Waals surface area contributed by atoms with Crippen molar-refractivity contribution in [2.45, 2.75) is 19.8 Å². The van der Waals surface area contributed by atoms with Gasteiger partial charge in [0.25, 0.3) is 0 Å². The van der Waals surface area contributed by atoms with Crippen LogP contribution in [-0.4, -0.2) is 16.5 Å². The molecule has 0 aliphatic heterocycles. The monoisotopic (exact) mass is 201 g/mol. The highest BCUT2D eigenvalue weighted by atomic mass is 15.0. The van der Waals surface area contributed by atoms with Gasteiger partial charge >= 0.3 is 0 Å². The molecule has 0 spiro atoms. The second kappa shape index (κ2) is 4.73. The number of hydrogen-bond acceptors (Lipinski definition) is 3. The van der Waals surface area contributed by atoms with Gasteiger partial charge in [-0.25, -0.2) is 4.98 Å². The van der Waals surface area contributed by atoms with Crippen molar-refractivity contribution in [2.24, 2.45) is 0 Å². The van der Waals surface area contributed by atoms with Crippen molar-refractivity contribution < 1.29 is 0 Å². The number of hydrogen-bond donors (Lipinski definition) is 1. The van der Waals surface area contributed by atoms with E-state index in [-0.39, 0.29) is 0 Å². The van der Waals surface area contributed by atoms with Crippen LogP contribution in [0.2, 0.25) is 0 Å². The van der Waals surface area contributed by atoms with Crippen LogP contribution in [0.15, 0.2) is 30.5 Å². The zero-order valence-corrected chi connectivity index (χ0v) is 8.90. The van der Waals surface area contributed by atoms with Crippen LogP contribution < -0.4 is 5.32 Å². The third-order valence-corrected chi connectivity index (χ3v) is 2.29. The summed E-state index contributed by atoms with van der Waals surface area (Å²) in [5.74, 6) is 0.863. The maximum atomic E-state index is 4.47. The summed E-state index contributed by atoms with van der Waals surface area (Å²) in [6, 6.07) is 7.90. The first-order valence-corrected chi connectivity index (χ1v) is 5.36. The molecular weight excluding hydrogens is 186 g/mol. The zero-order valence-electron chi connectivity index (χ0n) is 8.90. The SMILES string of the molecule is CCCCNc1cnc2ccccc2n1. The lowest BCUT2D eigenvalue weighted by atomic mass is 10.3. The molecule has 0 atom stereocenters. The van der Waals surface area contributed by atoms with Crippen molar-refractivity contribution in [3.63, 3.8) is 0 Å². The number of anilines is 1. The molecular formula is C12H15N3. The van der Waals surface area contributed by atoms with Gasteiger partial charge in [-0.3, -0.25) is 4.98 Å². The number of unbranched alkanes of at least 4 members (excludes halogenated alkanes) is 1. The fourth-order valence-corrected chi connectivity index (χ4v) is 1.44. The summed E-state index contributed by atoms with van der Waals surface area (Å²) < 4.78 is 0. The summed E-state index contributed by atoms with van der Waals surface area (Å²) >= 11 is 0. The van der Waals surface area contributed by atoms with Gasteiger partial charge in [0.1, 0.15) is 5.82 Å². The van der Waals surface area contributed by atoms with Gasteiger partial charge in [0.2, 0.25) is 0 Å². The topological polar surface area (TPSA) is 37.8 Å². The Kier molecular flexibility index (Phi) is 3.12. The van der Waals surface area contributed by atoms with Gasteiger partial charge in [-0.15, -0.1) is 0 Å². The zero-order chi connectivity index (χ0) is 10.5. The predicted molar refractivity (Wildman–Crippen MR) is 62.9 cm³/mol. The van der Waals surface area contributed by atoms with Crippen molar-refractivity contribution in [1.82, 2.24) is 9.97 Å². The van der Waals surface area contributed by atoms with E-state index in [9.17, 15) is 0 Å². The lowest BCUT2D eigenvalue weighted by Crippen LogP contribution is -2.03. The minimum absolute atomic E-state index is 0.863. The van der Waals surface area contributed by atoms with Crippen molar-refractivity contribution in [3.8, 4) is 0 Å². The Morgan fingerprint density at radius 2 is 2.00 bits per heavy atom. The normalized spacial score (nSPS) is 10.5. The van der Waals surface area contributed by atoms with Crippen molar-refractivity contribution in [2.75, 3.05) is 11.9 Å². The summed E-state index contributed by atoms with van der Waals surface area (Å²) in [4.78, 5) is 8.81. The van der Waals surface area contributed by atoms with E-state index in [0.29, 0.717) is 0 Å². The maximum Gasteiger partial charge on any atom is 0.145 e. The Morgan fingerprint density at radius 1 is 1.20 bits per heavy atom. The smallest absolute Gasteiger partial charge is 0.145 e. The number of nitrogens with one attached hydrogen (secondary N) is 1. The lowest BCUT2D eigenvalue weighted by Gasteiger charge is -2.04. The fourth-order valence-electron chi connectivity index (χ4n) is 1.44. The molecule has 0 bridgehead atoms. The van der Waals surface area contributed by atoms with E-state index in [2.05, 4.69) is 22.2 Å². The minimum atomic E-state index is 0.863. The van der Waals surface area contributed by atoms with E-state index in [0.717, 1.165) is 29.8 Å². The largest absolute Gasteiger partial charge is 0.369 e. The summed E-state index contributed by atoms with van der Waals surface area (Å²) in [6.07, 6.45) is 4.14. The molecule has 78 valence electrons.